The van der Waals surface area contributed by atoms with Gasteiger partial charge in [-0.25, -0.2) is 0 Å². The number of thiophene rings is 1. The molecular formula is C13H17N3O2S. The van der Waals surface area contributed by atoms with Crippen molar-refractivity contribution in [2.45, 2.75) is 19.4 Å². The van der Waals surface area contributed by atoms with Gasteiger partial charge in [0.15, 0.2) is 0 Å². The zero-order valence-corrected chi connectivity index (χ0v) is 11.5. The summed E-state index contributed by atoms with van der Waals surface area (Å²) < 4.78 is 5.30. The molecule has 6 heteroatoms. The van der Waals surface area contributed by atoms with Gasteiger partial charge in [-0.15, -0.1) is 11.3 Å². The van der Waals surface area contributed by atoms with Gasteiger partial charge in [0.2, 0.25) is 11.7 Å². The second kappa shape index (κ2) is 5.81. The van der Waals surface area contributed by atoms with Crippen molar-refractivity contribution < 1.29 is 9.63 Å². The number of aliphatic hydroxyl groups is 1. The van der Waals surface area contributed by atoms with Crippen LogP contribution in [0.1, 0.15) is 18.7 Å². The van der Waals surface area contributed by atoms with Gasteiger partial charge in [-0.05, 0) is 43.3 Å². The monoisotopic (exact) mass is 279 g/mol. The summed E-state index contributed by atoms with van der Waals surface area (Å²) >= 11 is 1.61. The van der Waals surface area contributed by atoms with E-state index in [-0.39, 0.29) is 0 Å². The molecule has 102 valence electrons. The maximum atomic E-state index is 9.12. The van der Waals surface area contributed by atoms with E-state index in [1.165, 1.54) is 0 Å². The Bertz CT molecular complexity index is 504. The first-order valence-electron chi connectivity index (χ1n) is 6.55. The summed E-state index contributed by atoms with van der Waals surface area (Å²) in [5.41, 5.74) is 0. The largest absolute Gasteiger partial charge is 0.396 e. The van der Waals surface area contributed by atoms with Crippen LogP contribution in [0.2, 0.25) is 0 Å². The van der Waals surface area contributed by atoms with Crippen LogP contribution < -0.4 is 0 Å². The lowest BCUT2D eigenvalue weighted by Crippen LogP contribution is -2.34. The number of aromatic nitrogens is 2. The molecule has 1 N–H and O–H groups in total. The minimum Gasteiger partial charge on any atom is -0.396 e. The van der Waals surface area contributed by atoms with Crippen molar-refractivity contribution in [3.8, 4) is 10.7 Å². The Labute approximate surface area is 115 Å². The summed E-state index contributed by atoms with van der Waals surface area (Å²) in [7, 11) is 0. The van der Waals surface area contributed by atoms with E-state index in [2.05, 4.69) is 15.0 Å². The van der Waals surface area contributed by atoms with Gasteiger partial charge in [0, 0.05) is 6.61 Å². The topological polar surface area (TPSA) is 62.4 Å². The fourth-order valence-corrected chi connectivity index (χ4v) is 2.99. The fourth-order valence-electron chi connectivity index (χ4n) is 2.34. The van der Waals surface area contributed by atoms with Gasteiger partial charge < -0.3 is 9.63 Å². The standard InChI is InChI=1S/C13H17N3O2S/c17-9-10-3-5-16(6-4-10)8-12-14-13(15-18-12)11-2-1-7-19-11/h1-2,7,10,17H,3-6,8-9H2. The number of aliphatic hydroxyl groups excluding tert-OH is 1. The summed E-state index contributed by atoms with van der Waals surface area (Å²) in [6.07, 6.45) is 2.09. The molecule has 0 saturated carbocycles. The molecule has 0 aromatic carbocycles. The van der Waals surface area contributed by atoms with E-state index in [1.807, 2.05) is 17.5 Å². The first-order chi connectivity index (χ1) is 9.35. The number of nitrogens with zero attached hydrogens (tertiary/aromatic N) is 3. The normalized spacial score (nSPS) is 17.9. The molecule has 0 unspecified atom stereocenters. The Hall–Kier alpha value is -1.24. The van der Waals surface area contributed by atoms with E-state index >= 15 is 0 Å². The molecule has 1 fully saturated rings. The van der Waals surface area contributed by atoms with Crippen LogP contribution in [0.15, 0.2) is 22.0 Å². The van der Waals surface area contributed by atoms with Gasteiger partial charge in [0.05, 0.1) is 11.4 Å². The lowest BCUT2D eigenvalue weighted by molar-refractivity contribution is 0.119. The summed E-state index contributed by atoms with van der Waals surface area (Å²) in [6, 6.07) is 3.97. The highest BCUT2D eigenvalue weighted by molar-refractivity contribution is 7.13. The van der Waals surface area contributed by atoms with Gasteiger partial charge >= 0.3 is 0 Å². The Kier molecular flexibility index (Phi) is 3.91. The SMILES string of the molecule is OCC1CCN(Cc2nc(-c3cccs3)no2)CC1. The van der Waals surface area contributed by atoms with E-state index < -0.39 is 0 Å². The molecule has 1 saturated heterocycles. The van der Waals surface area contributed by atoms with Crippen molar-refractivity contribution in [1.82, 2.24) is 15.0 Å². The zero-order chi connectivity index (χ0) is 13.1. The van der Waals surface area contributed by atoms with E-state index in [4.69, 9.17) is 9.63 Å². The smallest absolute Gasteiger partial charge is 0.241 e. The molecule has 0 atom stereocenters. The molecule has 3 rings (SSSR count). The van der Waals surface area contributed by atoms with Gasteiger partial charge in [-0.2, -0.15) is 4.98 Å². The molecule has 0 amide bonds. The van der Waals surface area contributed by atoms with E-state index in [0.29, 0.717) is 30.8 Å². The average Bonchev–Trinajstić information content (AvgIpc) is 3.10. The molecule has 1 aliphatic heterocycles. The van der Waals surface area contributed by atoms with E-state index in [9.17, 15) is 0 Å². The predicted molar refractivity (Wildman–Crippen MR) is 72.7 cm³/mol. The highest BCUT2D eigenvalue weighted by Crippen LogP contribution is 2.22. The van der Waals surface area contributed by atoms with Crippen molar-refractivity contribution in [2.24, 2.45) is 5.92 Å². The Morgan fingerprint density at radius 3 is 2.95 bits per heavy atom. The van der Waals surface area contributed by atoms with Crippen molar-refractivity contribution in [3.05, 3.63) is 23.4 Å². The van der Waals surface area contributed by atoms with Crippen LogP contribution in [0.25, 0.3) is 10.7 Å². The highest BCUT2D eigenvalue weighted by atomic mass is 32.1. The quantitative estimate of drug-likeness (QED) is 0.927. The third-order valence-corrected chi connectivity index (χ3v) is 4.40. The molecule has 0 bridgehead atoms. The third kappa shape index (κ3) is 3.02. The maximum absolute atomic E-state index is 9.12. The molecule has 5 nitrogen and oxygen atoms in total. The average molecular weight is 279 g/mol. The lowest BCUT2D eigenvalue weighted by atomic mass is 9.98. The van der Waals surface area contributed by atoms with Crippen LogP contribution in [0.3, 0.4) is 0 Å². The minimum absolute atomic E-state index is 0.303. The number of likely N-dealkylation sites (tertiary alicyclic amines) is 1. The molecule has 3 heterocycles. The Balaban J connectivity index is 1.59. The summed E-state index contributed by atoms with van der Waals surface area (Å²) in [6.45, 7) is 2.98. The molecule has 19 heavy (non-hydrogen) atoms. The number of piperidine rings is 1. The van der Waals surface area contributed by atoms with Gasteiger partial charge in [-0.3, -0.25) is 4.90 Å². The maximum Gasteiger partial charge on any atom is 0.241 e. The Morgan fingerprint density at radius 2 is 2.26 bits per heavy atom. The van der Waals surface area contributed by atoms with Crippen LogP contribution in [0.4, 0.5) is 0 Å². The van der Waals surface area contributed by atoms with Crippen LogP contribution in [0.5, 0.6) is 0 Å². The van der Waals surface area contributed by atoms with Crippen molar-refractivity contribution >= 4 is 11.3 Å². The summed E-state index contributed by atoms with van der Waals surface area (Å²) in [5.74, 6) is 1.81. The number of rotatable bonds is 4. The van der Waals surface area contributed by atoms with Crippen LogP contribution >= 0.6 is 11.3 Å². The number of hydrogen-bond donors (Lipinski definition) is 1. The molecule has 1 aliphatic rings. The predicted octanol–water partition coefficient (Wildman–Crippen LogP) is 2.00. The first kappa shape index (κ1) is 12.8. The zero-order valence-electron chi connectivity index (χ0n) is 10.7. The fraction of sp³-hybridized carbons (Fsp3) is 0.538. The second-order valence-corrected chi connectivity index (χ2v) is 5.84. The number of hydrogen-bond acceptors (Lipinski definition) is 6. The third-order valence-electron chi connectivity index (χ3n) is 3.53. The minimum atomic E-state index is 0.303. The first-order valence-corrected chi connectivity index (χ1v) is 7.43. The molecule has 0 aliphatic carbocycles. The molecule has 2 aromatic heterocycles. The molecular weight excluding hydrogens is 262 g/mol. The molecule has 0 radical (unpaired) electrons. The van der Waals surface area contributed by atoms with E-state index in [0.717, 1.165) is 30.8 Å². The summed E-state index contributed by atoms with van der Waals surface area (Å²) in [5, 5.41) is 15.1. The molecule has 0 spiro atoms. The van der Waals surface area contributed by atoms with Crippen LogP contribution in [0, 0.1) is 5.92 Å². The van der Waals surface area contributed by atoms with Gasteiger partial charge in [0.25, 0.3) is 0 Å². The lowest BCUT2D eigenvalue weighted by Gasteiger charge is -2.29. The van der Waals surface area contributed by atoms with Crippen LogP contribution in [-0.2, 0) is 6.54 Å². The Morgan fingerprint density at radius 1 is 1.42 bits per heavy atom. The van der Waals surface area contributed by atoms with Gasteiger partial charge in [0.1, 0.15) is 0 Å². The van der Waals surface area contributed by atoms with Crippen LogP contribution in [-0.4, -0.2) is 39.8 Å². The van der Waals surface area contributed by atoms with Gasteiger partial charge in [-0.1, -0.05) is 11.2 Å². The highest BCUT2D eigenvalue weighted by Gasteiger charge is 2.20. The van der Waals surface area contributed by atoms with Crippen molar-refractivity contribution in [1.29, 1.82) is 0 Å². The van der Waals surface area contributed by atoms with Crippen molar-refractivity contribution in [2.75, 3.05) is 19.7 Å². The van der Waals surface area contributed by atoms with Crippen molar-refractivity contribution in [3.63, 3.8) is 0 Å². The van der Waals surface area contributed by atoms with E-state index in [1.54, 1.807) is 11.3 Å². The second-order valence-electron chi connectivity index (χ2n) is 4.89. The molecule has 2 aromatic rings. The summed E-state index contributed by atoms with van der Waals surface area (Å²) in [4.78, 5) is 7.77.